The summed E-state index contributed by atoms with van der Waals surface area (Å²) < 4.78 is 5.43. The highest BCUT2D eigenvalue weighted by molar-refractivity contribution is 5.83. The van der Waals surface area contributed by atoms with Gasteiger partial charge in [0.1, 0.15) is 5.75 Å². The minimum Gasteiger partial charge on any atom is -0.497 e. The number of nitrogens with two attached hydrogens (primary N) is 1. The number of hydrogen-bond acceptors (Lipinski definition) is 4. The van der Waals surface area contributed by atoms with Gasteiger partial charge >= 0.3 is 0 Å². The van der Waals surface area contributed by atoms with Crippen molar-refractivity contribution >= 4 is 10.9 Å². The second-order valence-corrected chi connectivity index (χ2v) is 9.48. The van der Waals surface area contributed by atoms with Gasteiger partial charge in [0.2, 0.25) is 0 Å². The summed E-state index contributed by atoms with van der Waals surface area (Å²) >= 11 is 0. The van der Waals surface area contributed by atoms with Crippen LogP contribution >= 0.6 is 0 Å². The fourth-order valence-electron chi connectivity index (χ4n) is 5.31. The molecule has 1 aliphatic rings. The maximum Gasteiger partial charge on any atom is 0.119 e. The summed E-state index contributed by atoms with van der Waals surface area (Å²) in [5, 5.41) is 1.17. The van der Waals surface area contributed by atoms with E-state index in [1.165, 1.54) is 75.5 Å². The molecule has 0 amide bonds. The van der Waals surface area contributed by atoms with Crippen molar-refractivity contribution in [2.24, 2.45) is 17.6 Å². The minimum atomic E-state index is 0.191. The molecule has 1 fully saturated rings. The molecule has 0 spiro atoms. The number of methoxy groups -OCH3 is 1. The molecule has 4 nitrogen and oxygen atoms in total. The summed E-state index contributed by atoms with van der Waals surface area (Å²) in [7, 11) is 1.71. The van der Waals surface area contributed by atoms with E-state index >= 15 is 0 Å². The number of ether oxygens (including phenoxy) is 1. The molecule has 0 saturated carbocycles. The van der Waals surface area contributed by atoms with Crippen molar-refractivity contribution in [2.75, 3.05) is 26.7 Å². The van der Waals surface area contributed by atoms with Gasteiger partial charge in [0.15, 0.2) is 0 Å². The normalized spacial score (nSPS) is 20.8. The van der Waals surface area contributed by atoms with Crippen molar-refractivity contribution in [3.63, 3.8) is 0 Å². The number of unbranched alkanes of at least 4 members (excludes halogenated alkanes) is 4. The Kier molecular flexibility index (Phi) is 9.60. The predicted octanol–water partition coefficient (Wildman–Crippen LogP) is 5.82. The SMILES string of the molecule is CCCCCCCN1CC[C@@H](C[C@H](N)Cc2ccnc3ccc(OC)cc23)[C@@H](CC)C1. The number of nitrogens with zero attached hydrogens (tertiary/aromatic N) is 2. The number of hydrogen-bond donors (Lipinski definition) is 1. The molecule has 3 atom stereocenters. The van der Waals surface area contributed by atoms with Crippen LogP contribution in [0.4, 0.5) is 0 Å². The van der Waals surface area contributed by atoms with Gasteiger partial charge in [-0.3, -0.25) is 4.98 Å². The van der Waals surface area contributed by atoms with Gasteiger partial charge in [0, 0.05) is 24.2 Å². The summed E-state index contributed by atoms with van der Waals surface area (Å²) in [5.41, 5.74) is 9.01. The lowest BCUT2D eigenvalue weighted by molar-refractivity contribution is 0.105. The fraction of sp³-hybridized carbons (Fsp3) is 0.667. The van der Waals surface area contributed by atoms with Crippen LogP contribution in [0.25, 0.3) is 10.9 Å². The summed E-state index contributed by atoms with van der Waals surface area (Å²) in [6.07, 6.45) is 13.4. The Morgan fingerprint density at radius 2 is 1.97 bits per heavy atom. The number of fused-ring (bicyclic) bond motifs is 1. The number of piperidine rings is 1. The molecule has 2 N–H and O–H groups in total. The molecule has 1 aromatic heterocycles. The van der Waals surface area contributed by atoms with Gasteiger partial charge in [-0.25, -0.2) is 0 Å². The van der Waals surface area contributed by atoms with Crippen LogP contribution in [0.3, 0.4) is 0 Å². The monoisotopic (exact) mass is 425 g/mol. The van der Waals surface area contributed by atoms with E-state index < -0.39 is 0 Å². The van der Waals surface area contributed by atoms with Crippen LogP contribution in [0.2, 0.25) is 0 Å². The first-order valence-corrected chi connectivity index (χ1v) is 12.5. The fourth-order valence-corrected chi connectivity index (χ4v) is 5.31. The van der Waals surface area contributed by atoms with E-state index in [4.69, 9.17) is 10.5 Å². The third-order valence-corrected chi connectivity index (χ3v) is 7.20. The van der Waals surface area contributed by atoms with Gasteiger partial charge in [-0.2, -0.15) is 0 Å². The molecular formula is C27H43N3O. The van der Waals surface area contributed by atoms with Gasteiger partial charge < -0.3 is 15.4 Å². The Labute approximate surface area is 189 Å². The first-order valence-electron chi connectivity index (χ1n) is 12.5. The van der Waals surface area contributed by atoms with Gasteiger partial charge in [-0.05, 0) is 80.4 Å². The lowest BCUT2D eigenvalue weighted by atomic mass is 9.79. The lowest BCUT2D eigenvalue weighted by Crippen LogP contribution is -2.42. The topological polar surface area (TPSA) is 51.4 Å². The average molecular weight is 426 g/mol. The van der Waals surface area contributed by atoms with E-state index in [1.54, 1.807) is 7.11 Å². The van der Waals surface area contributed by atoms with Crippen LogP contribution in [0.15, 0.2) is 30.5 Å². The van der Waals surface area contributed by atoms with E-state index in [0.717, 1.165) is 35.9 Å². The Bertz CT molecular complexity index is 793. The number of rotatable bonds is 12. The molecule has 3 rings (SSSR count). The number of benzene rings is 1. The van der Waals surface area contributed by atoms with E-state index in [1.807, 2.05) is 18.3 Å². The zero-order chi connectivity index (χ0) is 22.1. The van der Waals surface area contributed by atoms with Crippen molar-refractivity contribution in [1.82, 2.24) is 9.88 Å². The highest BCUT2D eigenvalue weighted by Crippen LogP contribution is 2.31. The standard InChI is InChI=1S/C27H43N3O/c1-4-6-7-8-9-15-30-16-13-22(21(5-2)20-30)17-24(28)18-23-12-14-29-27-11-10-25(31-3)19-26(23)27/h10-12,14,19,21-22,24H,4-9,13,15-18,20,28H2,1-3H3/t21-,22-,24-/m0/s1. The van der Waals surface area contributed by atoms with Crippen molar-refractivity contribution < 1.29 is 4.74 Å². The number of aromatic nitrogens is 1. The van der Waals surface area contributed by atoms with Gasteiger partial charge in [-0.15, -0.1) is 0 Å². The van der Waals surface area contributed by atoms with Crippen LogP contribution in [-0.2, 0) is 6.42 Å². The van der Waals surface area contributed by atoms with Crippen molar-refractivity contribution in [1.29, 1.82) is 0 Å². The number of pyridine rings is 1. The van der Waals surface area contributed by atoms with Crippen LogP contribution in [0.5, 0.6) is 5.75 Å². The molecule has 0 radical (unpaired) electrons. The third-order valence-electron chi connectivity index (χ3n) is 7.20. The Balaban J connectivity index is 1.53. The first-order chi connectivity index (χ1) is 15.1. The highest BCUT2D eigenvalue weighted by Gasteiger charge is 2.29. The number of likely N-dealkylation sites (tertiary alicyclic amines) is 1. The quantitative estimate of drug-likeness (QED) is 0.435. The summed E-state index contributed by atoms with van der Waals surface area (Å²) in [4.78, 5) is 7.23. The van der Waals surface area contributed by atoms with Crippen molar-refractivity contribution in [3.05, 3.63) is 36.0 Å². The maximum absolute atomic E-state index is 6.71. The molecule has 2 heterocycles. The van der Waals surface area contributed by atoms with E-state index in [9.17, 15) is 0 Å². The highest BCUT2D eigenvalue weighted by atomic mass is 16.5. The largest absolute Gasteiger partial charge is 0.497 e. The van der Waals surface area contributed by atoms with Gasteiger partial charge in [-0.1, -0.05) is 46.0 Å². The van der Waals surface area contributed by atoms with Gasteiger partial charge in [0.25, 0.3) is 0 Å². The van der Waals surface area contributed by atoms with Crippen LogP contribution in [0.1, 0.15) is 70.8 Å². The maximum atomic E-state index is 6.71. The molecule has 2 aromatic rings. The van der Waals surface area contributed by atoms with Crippen LogP contribution < -0.4 is 10.5 Å². The molecule has 0 aliphatic carbocycles. The Hall–Kier alpha value is -1.65. The summed E-state index contributed by atoms with van der Waals surface area (Å²) in [5.74, 6) is 2.41. The first kappa shape index (κ1) is 24.0. The van der Waals surface area contributed by atoms with Crippen molar-refractivity contribution in [3.8, 4) is 5.75 Å². The molecule has 4 heteroatoms. The molecule has 31 heavy (non-hydrogen) atoms. The van der Waals surface area contributed by atoms with E-state index in [0.29, 0.717) is 0 Å². The van der Waals surface area contributed by atoms with Crippen LogP contribution in [0, 0.1) is 11.8 Å². The molecule has 1 aliphatic heterocycles. The summed E-state index contributed by atoms with van der Waals surface area (Å²) in [6, 6.07) is 8.42. The third kappa shape index (κ3) is 6.92. The molecule has 0 unspecified atom stereocenters. The summed E-state index contributed by atoms with van der Waals surface area (Å²) in [6.45, 7) is 8.43. The molecular weight excluding hydrogens is 382 g/mol. The lowest BCUT2D eigenvalue weighted by Gasteiger charge is -2.39. The second-order valence-electron chi connectivity index (χ2n) is 9.48. The zero-order valence-corrected chi connectivity index (χ0v) is 20.0. The van der Waals surface area contributed by atoms with E-state index in [-0.39, 0.29) is 6.04 Å². The van der Waals surface area contributed by atoms with Crippen LogP contribution in [-0.4, -0.2) is 42.7 Å². The predicted molar refractivity (Wildman–Crippen MR) is 132 cm³/mol. The zero-order valence-electron chi connectivity index (χ0n) is 20.0. The smallest absolute Gasteiger partial charge is 0.119 e. The average Bonchev–Trinajstić information content (AvgIpc) is 2.79. The Morgan fingerprint density at radius 1 is 1.13 bits per heavy atom. The Morgan fingerprint density at radius 3 is 2.74 bits per heavy atom. The second kappa shape index (κ2) is 12.4. The minimum absolute atomic E-state index is 0.191. The molecule has 172 valence electrons. The van der Waals surface area contributed by atoms with Gasteiger partial charge in [0.05, 0.1) is 12.6 Å². The molecule has 1 aromatic carbocycles. The van der Waals surface area contributed by atoms with E-state index in [2.05, 4.69) is 35.9 Å². The molecule has 0 bridgehead atoms. The molecule has 1 saturated heterocycles. The van der Waals surface area contributed by atoms with Crippen molar-refractivity contribution in [2.45, 2.75) is 77.7 Å².